The quantitative estimate of drug-likeness (QED) is 0.916. The molecule has 1 saturated heterocycles. The van der Waals surface area contributed by atoms with Gasteiger partial charge in [0.15, 0.2) is 0 Å². The van der Waals surface area contributed by atoms with Crippen molar-refractivity contribution in [3.8, 4) is 0 Å². The highest BCUT2D eigenvalue weighted by atomic mass is 35.5. The van der Waals surface area contributed by atoms with Crippen LogP contribution >= 0.6 is 11.6 Å². The van der Waals surface area contributed by atoms with Gasteiger partial charge in [0, 0.05) is 25.6 Å². The third-order valence-corrected chi connectivity index (χ3v) is 4.16. The number of halogens is 1. The fraction of sp³-hybridized carbons (Fsp3) is 0.353. The summed E-state index contributed by atoms with van der Waals surface area (Å²) in [6.45, 7) is 1.47. The first-order valence-corrected chi connectivity index (χ1v) is 8.14. The molecule has 1 atom stereocenters. The molecule has 0 aliphatic carbocycles. The number of nitrogens with zero attached hydrogens (tertiary/aromatic N) is 3. The van der Waals surface area contributed by atoms with Crippen LogP contribution in [0.5, 0.6) is 0 Å². The molecule has 1 N–H and O–H groups in total. The standard InChI is InChI=1S/C17H19ClN4O/c18-14-10-19-17(20-11-14)21-15-8-9-22(12-15)16(23)7-6-13-4-2-1-3-5-13/h1-5,10-11,15H,6-9,12H2,(H,19,20,21). The molecule has 0 saturated carbocycles. The van der Waals surface area contributed by atoms with Gasteiger partial charge in [-0.3, -0.25) is 4.79 Å². The van der Waals surface area contributed by atoms with Gasteiger partial charge < -0.3 is 10.2 Å². The zero-order chi connectivity index (χ0) is 16.1. The molecule has 2 aromatic rings. The molecular weight excluding hydrogens is 312 g/mol. The van der Waals surface area contributed by atoms with Crippen LogP contribution in [0.15, 0.2) is 42.7 Å². The number of hydrogen-bond acceptors (Lipinski definition) is 4. The summed E-state index contributed by atoms with van der Waals surface area (Å²) >= 11 is 5.77. The second-order valence-corrected chi connectivity index (χ2v) is 6.12. The topological polar surface area (TPSA) is 58.1 Å². The van der Waals surface area contributed by atoms with E-state index in [2.05, 4.69) is 27.4 Å². The number of aryl methyl sites for hydroxylation is 1. The maximum Gasteiger partial charge on any atom is 0.222 e. The lowest BCUT2D eigenvalue weighted by molar-refractivity contribution is -0.130. The first kappa shape index (κ1) is 15.7. The molecule has 0 spiro atoms. The second kappa shape index (κ2) is 7.42. The van der Waals surface area contributed by atoms with Crippen LogP contribution in [0.1, 0.15) is 18.4 Å². The Bertz CT molecular complexity index is 647. The van der Waals surface area contributed by atoms with E-state index in [1.807, 2.05) is 23.1 Å². The van der Waals surface area contributed by atoms with E-state index in [0.29, 0.717) is 23.9 Å². The van der Waals surface area contributed by atoms with E-state index in [0.717, 1.165) is 19.4 Å². The number of amides is 1. The SMILES string of the molecule is O=C(CCc1ccccc1)N1CCC(Nc2ncc(Cl)cn2)C1. The number of likely N-dealkylation sites (tertiary alicyclic amines) is 1. The van der Waals surface area contributed by atoms with Crippen molar-refractivity contribution in [3.05, 3.63) is 53.3 Å². The third-order valence-electron chi connectivity index (χ3n) is 3.96. The molecule has 6 heteroatoms. The lowest BCUT2D eigenvalue weighted by atomic mass is 10.1. The van der Waals surface area contributed by atoms with Crippen molar-refractivity contribution >= 4 is 23.5 Å². The molecule has 1 unspecified atom stereocenters. The summed E-state index contributed by atoms with van der Waals surface area (Å²) in [6, 6.07) is 10.3. The van der Waals surface area contributed by atoms with Gasteiger partial charge in [0.05, 0.1) is 17.4 Å². The Hall–Kier alpha value is -2.14. The van der Waals surface area contributed by atoms with E-state index < -0.39 is 0 Å². The highest BCUT2D eigenvalue weighted by Crippen LogP contribution is 2.16. The molecule has 1 aromatic heterocycles. The smallest absolute Gasteiger partial charge is 0.222 e. The largest absolute Gasteiger partial charge is 0.350 e. The number of carbonyl (C=O) groups is 1. The second-order valence-electron chi connectivity index (χ2n) is 5.68. The minimum Gasteiger partial charge on any atom is -0.350 e. The number of anilines is 1. The number of rotatable bonds is 5. The van der Waals surface area contributed by atoms with E-state index in [1.54, 1.807) is 12.4 Å². The molecule has 1 aliphatic heterocycles. The summed E-state index contributed by atoms with van der Waals surface area (Å²) in [4.78, 5) is 22.5. The number of hydrogen-bond donors (Lipinski definition) is 1. The predicted octanol–water partition coefficient (Wildman–Crippen LogP) is 2.78. The Labute approximate surface area is 140 Å². The Morgan fingerprint density at radius 3 is 2.74 bits per heavy atom. The molecule has 0 radical (unpaired) electrons. The van der Waals surface area contributed by atoms with Crippen LogP contribution in [-0.2, 0) is 11.2 Å². The van der Waals surface area contributed by atoms with E-state index >= 15 is 0 Å². The van der Waals surface area contributed by atoms with Crippen LogP contribution in [0.25, 0.3) is 0 Å². The van der Waals surface area contributed by atoms with Crippen molar-refractivity contribution < 1.29 is 4.79 Å². The molecule has 1 aromatic carbocycles. The summed E-state index contributed by atoms with van der Waals surface area (Å²) in [6.07, 6.45) is 5.37. The summed E-state index contributed by atoms with van der Waals surface area (Å²) < 4.78 is 0. The van der Waals surface area contributed by atoms with Gasteiger partial charge in [-0.05, 0) is 18.4 Å². The van der Waals surface area contributed by atoms with Crippen molar-refractivity contribution in [3.63, 3.8) is 0 Å². The number of carbonyl (C=O) groups excluding carboxylic acids is 1. The summed E-state index contributed by atoms with van der Waals surface area (Å²) in [5.41, 5.74) is 1.20. The van der Waals surface area contributed by atoms with Gasteiger partial charge in [-0.2, -0.15) is 0 Å². The average Bonchev–Trinajstić information content (AvgIpc) is 3.04. The molecule has 1 fully saturated rings. The Morgan fingerprint density at radius 2 is 2.00 bits per heavy atom. The molecule has 23 heavy (non-hydrogen) atoms. The van der Waals surface area contributed by atoms with Crippen molar-refractivity contribution in [2.24, 2.45) is 0 Å². The molecular formula is C17H19ClN4O. The predicted molar refractivity (Wildman–Crippen MR) is 90.4 cm³/mol. The van der Waals surface area contributed by atoms with Gasteiger partial charge in [-0.25, -0.2) is 9.97 Å². The lowest BCUT2D eigenvalue weighted by Crippen LogP contribution is -2.32. The average molecular weight is 331 g/mol. The Kier molecular flexibility index (Phi) is 5.08. The van der Waals surface area contributed by atoms with Crippen molar-refractivity contribution in [2.75, 3.05) is 18.4 Å². The van der Waals surface area contributed by atoms with E-state index in [4.69, 9.17) is 11.6 Å². The van der Waals surface area contributed by atoms with E-state index in [9.17, 15) is 4.79 Å². The molecule has 0 bridgehead atoms. The van der Waals surface area contributed by atoms with Crippen molar-refractivity contribution in [1.82, 2.24) is 14.9 Å². The van der Waals surface area contributed by atoms with Crippen molar-refractivity contribution in [2.45, 2.75) is 25.3 Å². The van der Waals surface area contributed by atoms with E-state index in [-0.39, 0.29) is 11.9 Å². The highest BCUT2D eigenvalue weighted by Gasteiger charge is 2.26. The minimum absolute atomic E-state index is 0.192. The summed E-state index contributed by atoms with van der Waals surface area (Å²) in [7, 11) is 0. The maximum atomic E-state index is 12.3. The third kappa shape index (κ3) is 4.42. The van der Waals surface area contributed by atoms with Gasteiger partial charge in [-0.1, -0.05) is 41.9 Å². The number of benzene rings is 1. The van der Waals surface area contributed by atoms with E-state index in [1.165, 1.54) is 5.56 Å². The molecule has 3 rings (SSSR count). The molecule has 2 heterocycles. The van der Waals surface area contributed by atoms with Crippen LogP contribution < -0.4 is 5.32 Å². The van der Waals surface area contributed by atoms with Crippen molar-refractivity contribution in [1.29, 1.82) is 0 Å². The zero-order valence-electron chi connectivity index (χ0n) is 12.8. The van der Waals surface area contributed by atoms with Crippen LogP contribution in [0.2, 0.25) is 5.02 Å². The summed E-state index contributed by atoms with van der Waals surface area (Å²) in [5.74, 6) is 0.758. The first-order chi connectivity index (χ1) is 11.2. The number of aromatic nitrogens is 2. The fourth-order valence-corrected chi connectivity index (χ4v) is 2.83. The first-order valence-electron chi connectivity index (χ1n) is 7.76. The number of nitrogens with one attached hydrogen (secondary N) is 1. The zero-order valence-corrected chi connectivity index (χ0v) is 13.5. The normalized spacial score (nSPS) is 17.3. The van der Waals surface area contributed by atoms with Crippen LogP contribution in [0.3, 0.4) is 0 Å². The van der Waals surface area contributed by atoms with Crippen LogP contribution in [-0.4, -0.2) is 39.9 Å². The van der Waals surface area contributed by atoms with Crippen LogP contribution in [0, 0.1) is 0 Å². The maximum absolute atomic E-state index is 12.3. The van der Waals surface area contributed by atoms with Gasteiger partial charge in [0.1, 0.15) is 0 Å². The van der Waals surface area contributed by atoms with Gasteiger partial charge in [0.2, 0.25) is 11.9 Å². The molecule has 1 aliphatic rings. The van der Waals surface area contributed by atoms with Crippen LogP contribution in [0.4, 0.5) is 5.95 Å². The lowest BCUT2D eigenvalue weighted by Gasteiger charge is -2.17. The monoisotopic (exact) mass is 330 g/mol. The van der Waals surface area contributed by atoms with Gasteiger partial charge >= 0.3 is 0 Å². The Balaban J connectivity index is 1.47. The fourth-order valence-electron chi connectivity index (χ4n) is 2.73. The highest BCUT2D eigenvalue weighted by molar-refractivity contribution is 6.30. The Morgan fingerprint density at radius 1 is 1.26 bits per heavy atom. The molecule has 5 nitrogen and oxygen atoms in total. The van der Waals surface area contributed by atoms with Gasteiger partial charge in [0.25, 0.3) is 0 Å². The molecule has 120 valence electrons. The van der Waals surface area contributed by atoms with Gasteiger partial charge in [-0.15, -0.1) is 0 Å². The molecule has 1 amide bonds. The summed E-state index contributed by atoms with van der Waals surface area (Å²) in [5, 5.41) is 3.77. The minimum atomic E-state index is 0.192.